The van der Waals surface area contributed by atoms with Crippen LogP contribution in [0.25, 0.3) is 0 Å². The number of oxazole rings is 1. The second-order valence-electron chi connectivity index (χ2n) is 8.03. The number of amides is 2. The highest BCUT2D eigenvalue weighted by Gasteiger charge is 2.34. The molecule has 1 aliphatic carbocycles. The van der Waals surface area contributed by atoms with E-state index in [1.807, 2.05) is 6.07 Å². The van der Waals surface area contributed by atoms with Gasteiger partial charge in [-0.25, -0.2) is 9.78 Å². The Morgan fingerprint density at radius 3 is 2.68 bits per heavy atom. The van der Waals surface area contributed by atoms with Crippen LogP contribution in [-0.2, 0) is 17.4 Å². The van der Waals surface area contributed by atoms with E-state index in [2.05, 4.69) is 48.5 Å². The van der Waals surface area contributed by atoms with Crippen LogP contribution in [-0.4, -0.2) is 16.2 Å². The highest BCUT2D eigenvalue weighted by Crippen LogP contribution is 2.41. The van der Waals surface area contributed by atoms with Gasteiger partial charge >= 0.3 is 6.03 Å². The lowest BCUT2D eigenvalue weighted by atomic mass is 9.86. The third-order valence-corrected chi connectivity index (χ3v) is 4.77. The summed E-state index contributed by atoms with van der Waals surface area (Å²) in [5.74, 6) is 1.73. The molecule has 25 heavy (non-hydrogen) atoms. The number of nitrogens with one attached hydrogen (secondary N) is 2. The Morgan fingerprint density at radius 1 is 1.32 bits per heavy atom. The van der Waals surface area contributed by atoms with Crippen molar-refractivity contribution in [3.05, 3.63) is 29.7 Å². The maximum Gasteiger partial charge on any atom is 0.320 e. The summed E-state index contributed by atoms with van der Waals surface area (Å²) >= 11 is 0. The first-order valence-electron chi connectivity index (χ1n) is 8.73. The Hall–Kier alpha value is -2.31. The zero-order valence-corrected chi connectivity index (χ0v) is 15.3. The van der Waals surface area contributed by atoms with E-state index in [-0.39, 0.29) is 23.4 Å². The summed E-state index contributed by atoms with van der Waals surface area (Å²) in [5, 5.41) is 9.35. The fourth-order valence-electron chi connectivity index (χ4n) is 3.07. The van der Waals surface area contributed by atoms with Crippen LogP contribution >= 0.6 is 0 Å². The Balaban J connectivity index is 1.53. The first-order chi connectivity index (χ1) is 11.8. The van der Waals surface area contributed by atoms with Crippen LogP contribution in [0.2, 0.25) is 0 Å². The van der Waals surface area contributed by atoms with E-state index in [1.165, 1.54) is 12.8 Å². The predicted octanol–water partition coefficient (Wildman–Crippen LogP) is 4.11. The second-order valence-corrected chi connectivity index (χ2v) is 8.03. The normalized spacial score (nSPS) is 16.8. The molecule has 2 N–H and O–H groups in total. The Labute approximate surface area is 147 Å². The van der Waals surface area contributed by atoms with E-state index in [0.717, 1.165) is 24.3 Å². The number of hydrogen-bond acceptors (Lipinski definition) is 5. The van der Waals surface area contributed by atoms with Gasteiger partial charge in [-0.3, -0.25) is 5.32 Å². The van der Waals surface area contributed by atoms with Gasteiger partial charge in [0.15, 0.2) is 5.82 Å². The number of urea groups is 1. The summed E-state index contributed by atoms with van der Waals surface area (Å²) in [6, 6.07) is 1.44. The quantitative estimate of drug-likeness (QED) is 0.869. The molecule has 0 aromatic carbocycles. The molecule has 2 aromatic rings. The van der Waals surface area contributed by atoms with E-state index in [0.29, 0.717) is 11.7 Å². The predicted molar refractivity (Wildman–Crippen MR) is 93.4 cm³/mol. The minimum Gasteiger partial charge on any atom is -0.447 e. The zero-order valence-electron chi connectivity index (χ0n) is 15.3. The van der Waals surface area contributed by atoms with Gasteiger partial charge in [-0.1, -0.05) is 45.7 Å². The average molecular weight is 346 g/mol. The van der Waals surface area contributed by atoms with Gasteiger partial charge in [0.1, 0.15) is 12.0 Å². The van der Waals surface area contributed by atoms with Crippen molar-refractivity contribution < 1.29 is 13.7 Å². The van der Waals surface area contributed by atoms with E-state index >= 15 is 0 Å². The molecule has 0 saturated heterocycles. The number of hydrogen-bond donors (Lipinski definition) is 2. The van der Waals surface area contributed by atoms with Crippen molar-refractivity contribution in [1.29, 1.82) is 0 Å². The molecule has 1 aliphatic rings. The lowest BCUT2D eigenvalue weighted by Gasteiger charge is -2.18. The second kappa shape index (κ2) is 6.54. The molecule has 7 nitrogen and oxygen atoms in total. The van der Waals surface area contributed by atoms with Crippen LogP contribution in [0.4, 0.5) is 10.6 Å². The lowest BCUT2D eigenvalue weighted by Crippen LogP contribution is -2.28. The summed E-state index contributed by atoms with van der Waals surface area (Å²) in [7, 11) is 0. The monoisotopic (exact) mass is 346 g/mol. The molecule has 0 unspecified atom stereocenters. The molecule has 3 rings (SSSR count). The molecule has 2 heterocycles. The van der Waals surface area contributed by atoms with Gasteiger partial charge in [0.25, 0.3) is 0 Å². The van der Waals surface area contributed by atoms with Crippen molar-refractivity contribution in [3.63, 3.8) is 0 Å². The molecular formula is C18H26N4O3. The number of aromatic nitrogens is 2. The minimum atomic E-state index is -0.369. The molecule has 1 saturated carbocycles. The summed E-state index contributed by atoms with van der Waals surface area (Å²) in [6.45, 7) is 8.56. The molecule has 0 spiro atoms. The molecule has 0 aliphatic heterocycles. The van der Waals surface area contributed by atoms with E-state index in [4.69, 9.17) is 8.94 Å². The van der Waals surface area contributed by atoms with Crippen molar-refractivity contribution in [2.75, 3.05) is 5.32 Å². The number of carbonyl (C=O) groups excluding carboxylic acids is 1. The van der Waals surface area contributed by atoms with Gasteiger partial charge in [0.2, 0.25) is 5.89 Å². The fraction of sp³-hybridized carbons (Fsp3) is 0.611. The van der Waals surface area contributed by atoms with Gasteiger partial charge in [-0.2, -0.15) is 0 Å². The van der Waals surface area contributed by atoms with Crippen LogP contribution in [0.15, 0.2) is 21.3 Å². The standard InChI is InChI=1S/C18H26N4O3/c1-17(2,3)12-11-24-15(20-12)10-19-16(23)21-14-9-13(25-22-14)18(4)7-5-6-8-18/h9,11H,5-8,10H2,1-4H3,(H2,19,21,22,23). The van der Waals surface area contributed by atoms with Gasteiger partial charge in [0, 0.05) is 16.9 Å². The van der Waals surface area contributed by atoms with Crippen LogP contribution in [0.3, 0.4) is 0 Å². The molecule has 0 atom stereocenters. The van der Waals surface area contributed by atoms with E-state index in [1.54, 1.807) is 6.26 Å². The zero-order chi connectivity index (χ0) is 18.1. The Morgan fingerprint density at radius 2 is 2.04 bits per heavy atom. The highest BCUT2D eigenvalue weighted by molar-refractivity contribution is 5.88. The summed E-state index contributed by atoms with van der Waals surface area (Å²) in [5.41, 5.74) is 0.804. The third kappa shape index (κ3) is 4.03. The minimum absolute atomic E-state index is 0.0326. The van der Waals surface area contributed by atoms with Crippen molar-refractivity contribution in [2.45, 2.75) is 70.8 Å². The van der Waals surface area contributed by atoms with Gasteiger partial charge < -0.3 is 14.3 Å². The molecule has 0 bridgehead atoms. The highest BCUT2D eigenvalue weighted by atomic mass is 16.5. The largest absolute Gasteiger partial charge is 0.447 e. The van der Waals surface area contributed by atoms with Crippen molar-refractivity contribution >= 4 is 11.8 Å². The smallest absolute Gasteiger partial charge is 0.320 e. The molecule has 2 amide bonds. The third-order valence-electron chi connectivity index (χ3n) is 4.77. The fourth-order valence-corrected chi connectivity index (χ4v) is 3.07. The van der Waals surface area contributed by atoms with Crippen molar-refractivity contribution in [3.8, 4) is 0 Å². The summed E-state index contributed by atoms with van der Waals surface area (Å²) in [6.07, 6.45) is 6.21. The maximum atomic E-state index is 12.0. The molecule has 1 fully saturated rings. The van der Waals surface area contributed by atoms with E-state index < -0.39 is 0 Å². The van der Waals surface area contributed by atoms with Crippen LogP contribution < -0.4 is 10.6 Å². The SMILES string of the molecule is CC(C)(C)c1coc(CNC(=O)Nc2cc(C3(C)CCCC3)on2)n1. The van der Waals surface area contributed by atoms with Crippen LogP contribution in [0.5, 0.6) is 0 Å². The number of nitrogens with zero attached hydrogens (tertiary/aromatic N) is 2. The number of rotatable bonds is 4. The van der Waals surface area contributed by atoms with Gasteiger partial charge in [0.05, 0.1) is 12.2 Å². The summed E-state index contributed by atoms with van der Waals surface area (Å²) in [4.78, 5) is 16.4. The van der Waals surface area contributed by atoms with Gasteiger partial charge in [-0.15, -0.1) is 0 Å². The van der Waals surface area contributed by atoms with E-state index in [9.17, 15) is 4.79 Å². The Kier molecular flexibility index (Phi) is 4.58. The number of carbonyl (C=O) groups is 1. The van der Waals surface area contributed by atoms with Crippen molar-refractivity contribution in [2.24, 2.45) is 0 Å². The first-order valence-corrected chi connectivity index (χ1v) is 8.73. The average Bonchev–Trinajstić information content (AvgIpc) is 3.24. The number of anilines is 1. The Bertz CT molecular complexity index is 736. The van der Waals surface area contributed by atoms with Crippen LogP contribution in [0.1, 0.15) is 70.7 Å². The molecule has 0 radical (unpaired) electrons. The van der Waals surface area contributed by atoms with Crippen molar-refractivity contribution in [1.82, 2.24) is 15.5 Å². The summed E-state index contributed by atoms with van der Waals surface area (Å²) < 4.78 is 10.8. The molecule has 7 heteroatoms. The molecule has 136 valence electrons. The topological polar surface area (TPSA) is 93.2 Å². The van der Waals surface area contributed by atoms with Crippen LogP contribution in [0, 0.1) is 0 Å². The van der Waals surface area contributed by atoms with Gasteiger partial charge in [-0.05, 0) is 12.8 Å². The molecule has 2 aromatic heterocycles. The molecular weight excluding hydrogens is 320 g/mol. The first kappa shape index (κ1) is 17.5. The maximum absolute atomic E-state index is 12.0. The lowest BCUT2D eigenvalue weighted by molar-refractivity contribution is 0.250.